The first kappa shape index (κ1) is 14.5. The van der Waals surface area contributed by atoms with Crippen molar-refractivity contribution in [2.45, 2.75) is 46.0 Å². The van der Waals surface area contributed by atoms with Crippen LogP contribution in [-0.2, 0) is 24.4 Å². The van der Waals surface area contributed by atoms with Crippen LogP contribution in [0, 0.1) is 0 Å². The molecule has 0 aromatic heterocycles. The van der Waals surface area contributed by atoms with Crippen LogP contribution in [0.15, 0.2) is 18.2 Å². The zero-order valence-electron chi connectivity index (χ0n) is 12.4. The summed E-state index contributed by atoms with van der Waals surface area (Å²) in [5, 5.41) is 3.21. The number of rotatable bonds is 7. The third-order valence-corrected chi connectivity index (χ3v) is 3.51. The van der Waals surface area contributed by atoms with E-state index in [1.54, 1.807) is 0 Å². The lowest BCUT2D eigenvalue weighted by Crippen LogP contribution is -2.19. The van der Waals surface area contributed by atoms with E-state index >= 15 is 0 Å². The third-order valence-electron chi connectivity index (χ3n) is 3.51. The molecule has 106 valence electrons. The van der Waals surface area contributed by atoms with E-state index in [-0.39, 0.29) is 0 Å². The van der Waals surface area contributed by atoms with Crippen LogP contribution in [0.1, 0.15) is 37.0 Å². The molecule has 0 radical (unpaired) electrons. The minimum Gasteiger partial charge on any atom is -0.379 e. The second-order valence-electron chi connectivity index (χ2n) is 5.62. The lowest BCUT2D eigenvalue weighted by atomic mass is 10.1. The summed E-state index contributed by atoms with van der Waals surface area (Å²) in [5.41, 5.74) is 4.37. The maximum atomic E-state index is 5.59. The highest BCUT2D eigenvalue weighted by Crippen LogP contribution is 2.23. The predicted molar refractivity (Wildman–Crippen MR) is 79.0 cm³/mol. The molecular weight excluding hydrogens is 236 g/mol. The van der Waals surface area contributed by atoms with E-state index in [4.69, 9.17) is 4.74 Å². The first-order chi connectivity index (χ1) is 9.19. The van der Waals surface area contributed by atoms with E-state index in [2.05, 4.69) is 42.3 Å². The fourth-order valence-electron chi connectivity index (χ4n) is 2.60. The fourth-order valence-corrected chi connectivity index (χ4v) is 2.60. The van der Waals surface area contributed by atoms with Gasteiger partial charge in [-0.2, -0.15) is 0 Å². The van der Waals surface area contributed by atoms with Crippen LogP contribution in [-0.4, -0.2) is 31.2 Å². The molecule has 1 aromatic carbocycles. The van der Waals surface area contributed by atoms with Crippen LogP contribution in [0.3, 0.4) is 0 Å². The number of fused-ring (bicyclic) bond motifs is 1. The summed E-state index contributed by atoms with van der Waals surface area (Å²) in [7, 11) is 1.99. The summed E-state index contributed by atoms with van der Waals surface area (Å²) in [6, 6.07) is 6.86. The Hall–Kier alpha value is -0.900. The zero-order valence-corrected chi connectivity index (χ0v) is 12.4. The monoisotopic (exact) mass is 262 g/mol. The Morgan fingerprint density at radius 1 is 1.26 bits per heavy atom. The number of hydrogen-bond donors (Lipinski definition) is 1. The molecule has 0 amide bonds. The maximum Gasteiger partial charge on any atom is 0.0518 e. The summed E-state index contributed by atoms with van der Waals surface area (Å²) in [5.74, 6) is 0. The van der Waals surface area contributed by atoms with Crippen molar-refractivity contribution < 1.29 is 4.74 Å². The standard InChI is InChI=1S/C16H26N2O/c1-13(2)19-8-4-7-18-11-15-6-5-14(10-17-3)9-16(15)12-18/h5-6,9,13,17H,4,7-8,10-12H2,1-3H3. The van der Waals surface area contributed by atoms with Crippen LogP contribution in [0.4, 0.5) is 0 Å². The molecule has 1 aromatic rings. The van der Waals surface area contributed by atoms with Gasteiger partial charge in [0.1, 0.15) is 0 Å². The molecular formula is C16H26N2O. The van der Waals surface area contributed by atoms with E-state index in [1.165, 1.54) is 16.7 Å². The van der Waals surface area contributed by atoms with Gasteiger partial charge in [0, 0.05) is 32.8 Å². The summed E-state index contributed by atoms with van der Waals surface area (Å²) >= 11 is 0. The van der Waals surface area contributed by atoms with E-state index in [0.29, 0.717) is 6.10 Å². The van der Waals surface area contributed by atoms with Crippen molar-refractivity contribution in [2.24, 2.45) is 0 Å². The first-order valence-corrected chi connectivity index (χ1v) is 7.28. The molecule has 0 atom stereocenters. The highest BCUT2D eigenvalue weighted by atomic mass is 16.5. The van der Waals surface area contributed by atoms with Crippen molar-refractivity contribution in [3.05, 3.63) is 34.9 Å². The fraction of sp³-hybridized carbons (Fsp3) is 0.625. The molecule has 1 aliphatic heterocycles. The molecule has 1 aliphatic rings. The van der Waals surface area contributed by atoms with Gasteiger partial charge in [-0.25, -0.2) is 0 Å². The SMILES string of the molecule is CNCc1ccc2c(c1)CN(CCCOC(C)C)C2. The molecule has 0 aliphatic carbocycles. The molecule has 19 heavy (non-hydrogen) atoms. The molecule has 0 unspecified atom stereocenters. The van der Waals surface area contributed by atoms with Crippen LogP contribution in [0.2, 0.25) is 0 Å². The molecule has 1 N–H and O–H groups in total. The quantitative estimate of drug-likeness (QED) is 0.764. The van der Waals surface area contributed by atoms with Crippen molar-refractivity contribution in [1.82, 2.24) is 10.2 Å². The third kappa shape index (κ3) is 4.30. The number of nitrogens with zero attached hydrogens (tertiary/aromatic N) is 1. The Kier molecular flexibility index (Phi) is 5.37. The number of hydrogen-bond acceptors (Lipinski definition) is 3. The van der Waals surface area contributed by atoms with E-state index in [0.717, 1.165) is 39.2 Å². The summed E-state index contributed by atoms with van der Waals surface area (Å²) in [4.78, 5) is 2.51. The van der Waals surface area contributed by atoms with Crippen LogP contribution in [0.5, 0.6) is 0 Å². The largest absolute Gasteiger partial charge is 0.379 e. The van der Waals surface area contributed by atoms with Gasteiger partial charge in [0.15, 0.2) is 0 Å². The Balaban J connectivity index is 1.79. The summed E-state index contributed by atoms with van der Waals surface area (Å²) in [6.45, 7) is 9.32. The Morgan fingerprint density at radius 2 is 2.05 bits per heavy atom. The highest BCUT2D eigenvalue weighted by molar-refractivity contribution is 5.34. The normalized spacial score (nSPS) is 15.2. The molecule has 0 saturated heterocycles. The molecule has 3 heteroatoms. The van der Waals surface area contributed by atoms with Crippen molar-refractivity contribution >= 4 is 0 Å². The topological polar surface area (TPSA) is 24.5 Å². The number of benzene rings is 1. The smallest absolute Gasteiger partial charge is 0.0518 e. The molecule has 1 heterocycles. The van der Waals surface area contributed by atoms with Gasteiger partial charge in [0.05, 0.1) is 6.10 Å². The average molecular weight is 262 g/mol. The molecule has 0 fully saturated rings. The van der Waals surface area contributed by atoms with Crippen LogP contribution < -0.4 is 5.32 Å². The van der Waals surface area contributed by atoms with Crippen molar-refractivity contribution in [2.75, 3.05) is 20.2 Å². The van der Waals surface area contributed by atoms with Crippen LogP contribution in [0.25, 0.3) is 0 Å². The van der Waals surface area contributed by atoms with Crippen molar-refractivity contribution in [3.8, 4) is 0 Å². The van der Waals surface area contributed by atoms with E-state index < -0.39 is 0 Å². The molecule has 0 bridgehead atoms. The molecule has 0 spiro atoms. The highest BCUT2D eigenvalue weighted by Gasteiger charge is 2.18. The van der Waals surface area contributed by atoms with Gasteiger partial charge in [-0.3, -0.25) is 4.90 Å². The summed E-state index contributed by atoms with van der Waals surface area (Å²) < 4.78 is 5.59. The predicted octanol–water partition coefficient (Wildman–Crippen LogP) is 2.54. The van der Waals surface area contributed by atoms with Crippen molar-refractivity contribution in [3.63, 3.8) is 0 Å². The Morgan fingerprint density at radius 3 is 2.79 bits per heavy atom. The van der Waals surface area contributed by atoms with Gasteiger partial charge in [0.2, 0.25) is 0 Å². The second-order valence-corrected chi connectivity index (χ2v) is 5.62. The zero-order chi connectivity index (χ0) is 13.7. The van der Waals surface area contributed by atoms with Gasteiger partial charge >= 0.3 is 0 Å². The Labute approximate surface area is 116 Å². The lowest BCUT2D eigenvalue weighted by molar-refractivity contribution is 0.0703. The number of ether oxygens (including phenoxy) is 1. The average Bonchev–Trinajstić information content (AvgIpc) is 2.77. The van der Waals surface area contributed by atoms with Crippen LogP contribution >= 0.6 is 0 Å². The van der Waals surface area contributed by atoms with E-state index in [9.17, 15) is 0 Å². The van der Waals surface area contributed by atoms with E-state index in [1.807, 2.05) is 7.05 Å². The Bertz CT molecular complexity index is 404. The van der Waals surface area contributed by atoms with Gasteiger partial charge in [0.25, 0.3) is 0 Å². The lowest BCUT2D eigenvalue weighted by Gasteiger charge is -2.15. The van der Waals surface area contributed by atoms with Gasteiger partial charge in [-0.1, -0.05) is 18.2 Å². The van der Waals surface area contributed by atoms with Gasteiger partial charge in [-0.05, 0) is 44.0 Å². The maximum absolute atomic E-state index is 5.59. The number of nitrogens with one attached hydrogen (secondary N) is 1. The van der Waals surface area contributed by atoms with Gasteiger partial charge in [-0.15, -0.1) is 0 Å². The minimum atomic E-state index is 0.347. The van der Waals surface area contributed by atoms with Gasteiger partial charge < -0.3 is 10.1 Å². The first-order valence-electron chi connectivity index (χ1n) is 7.28. The van der Waals surface area contributed by atoms with Crippen molar-refractivity contribution in [1.29, 1.82) is 0 Å². The molecule has 2 rings (SSSR count). The molecule has 3 nitrogen and oxygen atoms in total. The second kappa shape index (κ2) is 7.04. The molecule has 0 saturated carbocycles. The summed E-state index contributed by atoms with van der Waals surface area (Å²) in [6.07, 6.45) is 1.47. The minimum absolute atomic E-state index is 0.347.